The fourth-order valence-corrected chi connectivity index (χ4v) is 1.77. The zero-order chi connectivity index (χ0) is 13.8. The molecular weight excluding hydrogens is 238 g/mol. The van der Waals surface area contributed by atoms with Crippen LogP contribution in [0.1, 0.15) is 27.0 Å². The lowest BCUT2D eigenvalue weighted by atomic mass is 10.1. The Morgan fingerprint density at radius 3 is 2.47 bits per heavy atom. The summed E-state index contributed by atoms with van der Waals surface area (Å²) in [6, 6.07) is 13.2. The van der Waals surface area contributed by atoms with Crippen LogP contribution < -0.4 is 5.73 Å². The fourth-order valence-electron chi connectivity index (χ4n) is 1.77. The summed E-state index contributed by atoms with van der Waals surface area (Å²) in [6.45, 7) is 4.14. The van der Waals surface area contributed by atoms with E-state index in [1.165, 1.54) is 5.56 Å². The van der Waals surface area contributed by atoms with Gasteiger partial charge in [-0.3, -0.25) is 0 Å². The number of anilines is 1. The second kappa shape index (κ2) is 5.57. The van der Waals surface area contributed by atoms with Crippen LogP contribution in [0.3, 0.4) is 0 Å². The molecule has 2 aromatic carbocycles. The second-order valence-electron chi connectivity index (χ2n) is 4.60. The summed E-state index contributed by atoms with van der Waals surface area (Å²) >= 11 is 0. The van der Waals surface area contributed by atoms with Gasteiger partial charge in [0.15, 0.2) is 0 Å². The van der Waals surface area contributed by atoms with Crippen LogP contribution in [0.15, 0.2) is 42.5 Å². The third-order valence-corrected chi connectivity index (χ3v) is 3.03. The predicted molar refractivity (Wildman–Crippen MR) is 75.9 cm³/mol. The van der Waals surface area contributed by atoms with Gasteiger partial charge in [-0.15, -0.1) is 0 Å². The number of esters is 1. The highest BCUT2D eigenvalue weighted by atomic mass is 16.5. The van der Waals surface area contributed by atoms with Crippen LogP contribution in [0.2, 0.25) is 0 Å². The van der Waals surface area contributed by atoms with E-state index in [1.54, 1.807) is 12.1 Å². The van der Waals surface area contributed by atoms with Gasteiger partial charge in [-0.25, -0.2) is 4.79 Å². The first-order valence-electron chi connectivity index (χ1n) is 6.15. The van der Waals surface area contributed by atoms with E-state index in [1.807, 2.05) is 44.2 Å². The Balaban J connectivity index is 2.05. The second-order valence-corrected chi connectivity index (χ2v) is 4.60. The van der Waals surface area contributed by atoms with Gasteiger partial charge >= 0.3 is 5.97 Å². The number of hydrogen-bond acceptors (Lipinski definition) is 3. The van der Waals surface area contributed by atoms with Crippen LogP contribution in [-0.2, 0) is 11.3 Å². The van der Waals surface area contributed by atoms with E-state index in [9.17, 15) is 4.79 Å². The lowest BCUT2D eigenvalue weighted by Crippen LogP contribution is -2.09. The Morgan fingerprint density at radius 1 is 1.11 bits per heavy atom. The number of benzene rings is 2. The van der Waals surface area contributed by atoms with Crippen molar-refractivity contribution in [3.8, 4) is 0 Å². The van der Waals surface area contributed by atoms with Gasteiger partial charge in [-0.05, 0) is 31.0 Å². The van der Waals surface area contributed by atoms with E-state index < -0.39 is 0 Å². The monoisotopic (exact) mass is 255 g/mol. The highest BCUT2D eigenvalue weighted by Crippen LogP contribution is 2.18. The minimum Gasteiger partial charge on any atom is -0.457 e. The largest absolute Gasteiger partial charge is 0.457 e. The van der Waals surface area contributed by atoms with Crippen LogP contribution in [-0.4, -0.2) is 5.97 Å². The number of aryl methyl sites for hydroxylation is 2. The number of ether oxygens (including phenoxy) is 1. The van der Waals surface area contributed by atoms with E-state index in [0.717, 1.165) is 11.1 Å². The average Bonchev–Trinajstić information content (AvgIpc) is 2.41. The molecule has 0 heterocycles. The summed E-state index contributed by atoms with van der Waals surface area (Å²) in [5.74, 6) is -0.387. The maximum Gasteiger partial charge on any atom is 0.340 e. The molecule has 3 nitrogen and oxygen atoms in total. The Bertz CT molecular complexity index is 588. The van der Waals surface area contributed by atoms with Gasteiger partial charge in [0.1, 0.15) is 6.61 Å². The van der Waals surface area contributed by atoms with Crippen molar-refractivity contribution in [2.24, 2.45) is 0 Å². The number of hydrogen-bond donors (Lipinski definition) is 1. The topological polar surface area (TPSA) is 52.3 Å². The zero-order valence-electron chi connectivity index (χ0n) is 11.1. The molecule has 19 heavy (non-hydrogen) atoms. The average molecular weight is 255 g/mol. The van der Waals surface area contributed by atoms with Crippen molar-refractivity contribution in [3.63, 3.8) is 0 Å². The predicted octanol–water partition coefficient (Wildman–Crippen LogP) is 3.24. The van der Waals surface area contributed by atoms with Crippen LogP contribution >= 0.6 is 0 Å². The molecule has 0 unspecified atom stereocenters. The molecule has 2 aromatic rings. The van der Waals surface area contributed by atoms with Gasteiger partial charge in [0.2, 0.25) is 0 Å². The lowest BCUT2D eigenvalue weighted by molar-refractivity contribution is 0.0474. The van der Waals surface area contributed by atoms with Gasteiger partial charge in [0.05, 0.1) is 5.56 Å². The van der Waals surface area contributed by atoms with Gasteiger partial charge in [-0.1, -0.05) is 42.0 Å². The normalized spacial score (nSPS) is 10.2. The maximum atomic E-state index is 12.0. The molecule has 2 rings (SSSR count). The molecule has 0 aromatic heterocycles. The van der Waals surface area contributed by atoms with E-state index in [4.69, 9.17) is 10.5 Å². The summed E-state index contributed by atoms with van der Waals surface area (Å²) < 4.78 is 5.27. The third kappa shape index (κ3) is 3.13. The lowest BCUT2D eigenvalue weighted by Gasteiger charge is -2.09. The van der Waals surface area contributed by atoms with Crippen molar-refractivity contribution in [1.82, 2.24) is 0 Å². The standard InChI is InChI=1S/C16H17NO2/c1-11-6-8-13(9-7-11)10-19-16(18)14-5-3-4-12(2)15(14)17/h3-9H,10,17H2,1-2H3. The number of rotatable bonds is 3. The summed E-state index contributed by atoms with van der Waals surface area (Å²) in [5, 5.41) is 0. The van der Waals surface area contributed by atoms with E-state index in [-0.39, 0.29) is 12.6 Å². The molecule has 0 aliphatic rings. The molecule has 0 saturated heterocycles. The van der Waals surface area contributed by atoms with Gasteiger partial charge in [0, 0.05) is 5.69 Å². The van der Waals surface area contributed by atoms with Crippen molar-refractivity contribution in [2.75, 3.05) is 5.73 Å². The molecule has 2 N–H and O–H groups in total. The zero-order valence-corrected chi connectivity index (χ0v) is 11.1. The molecule has 0 radical (unpaired) electrons. The molecule has 0 amide bonds. The number of carbonyl (C=O) groups is 1. The molecule has 0 saturated carbocycles. The molecule has 3 heteroatoms. The molecule has 98 valence electrons. The quantitative estimate of drug-likeness (QED) is 0.676. The molecule has 0 aliphatic carbocycles. The summed E-state index contributed by atoms with van der Waals surface area (Å²) in [4.78, 5) is 12.0. The first-order valence-corrected chi connectivity index (χ1v) is 6.15. The van der Waals surface area contributed by atoms with Crippen LogP contribution in [0.4, 0.5) is 5.69 Å². The summed E-state index contributed by atoms with van der Waals surface area (Å²) in [5.41, 5.74) is 9.80. The van der Waals surface area contributed by atoms with Gasteiger partial charge < -0.3 is 10.5 Å². The minimum atomic E-state index is -0.387. The van der Waals surface area contributed by atoms with Crippen molar-refractivity contribution in [3.05, 3.63) is 64.7 Å². The number of para-hydroxylation sites is 1. The Hall–Kier alpha value is -2.29. The first kappa shape index (κ1) is 13.1. The molecule has 0 bridgehead atoms. The maximum absolute atomic E-state index is 12.0. The van der Waals surface area contributed by atoms with Crippen molar-refractivity contribution < 1.29 is 9.53 Å². The Morgan fingerprint density at radius 2 is 1.79 bits per heavy atom. The van der Waals surface area contributed by atoms with Crippen molar-refractivity contribution >= 4 is 11.7 Å². The number of carbonyl (C=O) groups excluding carboxylic acids is 1. The first-order chi connectivity index (χ1) is 9.08. The smallest absolute Gasteiger partial charge is 0.340 e. The fraction of sp³-hybridized carbons (Fsp3) is 0.188. The molecule has 0 aliphatic heterocycles. The number of nitrogens with two attached hydrogens (primary N) is 1. The highest BCUT2D eigenvalue weighted by molar-refractivity contribution is 5.95. The van der Waals surface area contributed by atoms with E-state index in [0.29, 0.717) is 11.3 Å². The Labute approximate surface area is 113 Å². The summed E-state index contributed by atoms with van der Waals surface area (Å²) in [7, 11) is 0. The SMILES string of the molecule is Cc1ccc(COC(=O)c2cccc(C)c2N)cc1. The molecule has 0 fully saturated rings. The van der Waals surface area contributed by atoms with E-state index in [2.05, 4.69) is 0 Å². The summed E-state index contributed by atoms with van der Waals surface area (Å²) in [6.07, 6.45) is 0. The van der Waals surface area contributed by atoms with Crippen LogP contribution in [0.5, 0.6) is 0 Å². The number of nitrogen functional groups attached to an aromatic ring is 1. The molecule has 0 spiro atoms. The Kier molecular flexibility index (Phi) is 3.85. The van der Waals surface area contributed by atoms with Crippen molar-refractivity contribution in [2.45, 2.75) is 20.5 Å². The van der Waals surface area contributed by atoms with Crippen LogP contribution in [0.25, 0.3) is 0 Å². The minimum absolute atomic E-state index is 0.256. The van der Waals surface area contributed by atoms with Gasteiger partial charge in [-0.2, -0.15) is 0 Å². The third-order valence-electron chi connectivity index (χ3n) is 3.03. The van der Waals surface area contributed by atoms with Gasteiger partial charge in [0.25, 0.3) is 0 Å². The molecular formula is C16H17NO2. The van der Waals surface area contributed by atoms with Crippen molar-refractivity contribution in [1.29, 1.82) is 0 Å². The van der Waals surface area contributed by atoms with E-state index >= 15 is 0 Å². The molecule has 0 atom stereocenters. The van der Waals surface area contributed by atoms with Crippen LogP contribution in [0, 0.1) is 13.8 Å². The highest BCUT2D eigenvalue weighted by Gasteiger charge is 2.12.